The highest BCUT2D eigenvalue weighted by molar-refractivity contribution is 7.89. The molecule has 2 heterocycles. The number of carbonyl (C=O) groups excluding carboxylic acids is 2. The van der Waals surface area contributed by atoms with E-state index in [-0.39, 0.29) is 29.3 Å². The molecule has 182 valence electrons. The van der Waals surface area contributed by atoms with Crippen LogP contribution in [-0.4, -0.2) is 56.8 Å². The summed E-state index contributed by atoms with van der Waals surface area (Å²) in [6, 6.07) is 10.3. The van der Waals surface area contributed by atoms with Crippen molar-refractivity contribution >= 4 is 38.9 Å². The van der Waals surface area contributed by atoms with Crippen molar-refractivity contribution in [2.24, 2.45) is 0 Å². The first kappa shape index (κ1) is 24.2. The lowest BCUT2D eigenvalue weighted by Gasteiger charge is -2.39. The Balaban J connectivity index is 1.70. The van der Waals surface area contributed by atoms with Gasteiger partial charge in [-0.3, -0.25) is 14.5 Å². The largest absolute Gasteiger partial charge is 0.358 e. The summed E-state index contributed by atoms with van der Waals surface area (Å²) in [7, 11) is -3.71. The van der Waals surface area contributed by atoms with Crippen molar-refractivity contribution in [1.82, 2.24) is 4.31 Å². The summed E-state index contributed by atoms with van der Waals surface area (Å²) in [5.41, 5.74) is 3.99. The Morgan fingerprint density at radius 2 is 1.85 bits per heavy atom. The quantitative estimate of drug-likeness (QED) is 0.651. The van der Waals surface area contributed by atoms with Gasteiger partial charge in [-0.1, -0.05) is 26.0 Å². The lowest BCUT2D eigenvalue weighted by atomic mass is 10.1. The van der Waals surface area contributed by atoms with Gasteiger partial charge < -0.3 is 10.2 Å². The molecule has 4 rings (SSSR count). The summed E-state index contributed by atoms with van der Waals surface area (Å²) < 4.78 is 27.7. The fourth-order valence-corrected chi connectivity index (χ4v) is 6.31. The zero-order valence-corrected chi connectivity index (χ0v) is 21.0. The summed E-state index contributed by atoms with van der Waals surface area (Å²) in [5.74, 6) is -0.491. The molecule has 8 nitrogen and oxygen atoms in total. The molecule has 34 heavy (non-hydrogen) atoms. The molecule has 2 aromatic carbocycles. The molecule has 0 radical (unpaired) electrons. The summed E-state index contributed by atoms with van der Waals surface area (Å²) >= 11 is 0. The van der Waals surface area contributed by atoms with Gasteiger partial charge in [0.15, 0.2) is 0 Å². The van der Waals surface area contributed by atoms with Gasteiger partial charge in [-0.25, -0.2) is 8.42 Å². The molecule has 1 saturated heterocycles. The molecule has 0 bridgehead atoms. The van der Waals surface area contributed by atoms with Crippen molar-refractivity contribution in [3.05, 3.63) is 47.5 Å². The molecule has 1 N–H and O–H groups in total. The number of aryl methyl sites for hydroxylation is 1. The summed E-state index contributed by atoms with van der Waals surface area (Å²) in [4.78, 5) is 30.1. The van der Waals surface area contributed by atoms with Gasteiger partial charge in [0.1, 0.15) is 12.6 Å². The zero-order chi connectivity index (χ0) is 24.6. The number of rotatable bonds is 7. The molecule has 1 fully saturated rings. The number of amides is 2. The van der Waals surface area contributed by atoms with Crippen LogP contribution in [0.4, 0.5) is 17.1 Å². The van der Waals surface area contributed by atoms with E-state index in [1.165, 1.54) is 9.21 Å². The van der Waals surface area contributed by atoms with Crippen molar-refractivity contribution in [2.45, 2.75) is 51.5 Å². The SMILES string of the molecule is CCN(CC)S(=O)(=O)c1ccc2c(c1)N(CC(=O)Nc1cccc(C)c1C)C(=O)C1CCCN21. The highest BCUT2D eigenvalue weighted by Crippen LogP contribution is 2.41. The molecule has 2 aromatic rings. The van der Waals surface area contributed by atoms with E-state index in [4.69, 9.17) is 0 Å². The maximum Gasteiger partial charge on any atom is 0.250 e. The van der Waals surface area contributed by atoms with Crippen molar-refractivity contribution in [2.75, 3.05) is 41.3 Å². The minimum atomic E-state index is -3.71. The second kappa shape index (κ2) is 9.38. The number of sulfonamides is 1. The minimum absolute atomic E-state index is 0.125. The van der Waals surface area contributed by atoms with E-state index in [0.29, 0.717) is 30.9 Å². The number of nitrogens with one attached hydrogen (secondary N) is 1. The van der Waals surface area contributed by atoms with E-state index in [9.17, 15) is 18.0 Å². The Morgan fingerprint density at radius 1 is 1.12 bits per heavy atom. The van der Waals surface area contributed by atoms with Gasteiger partial charge in [0, 0.05) is 25.3 Å². The van der Waals surface area contributed by atoms with Gasteiger partial charge in [-0.15, -0.1) is 0 Å². The molecule has 9 heteroatoms. The lowest BCUT2D eigenvalue weighted by molar-refractivity contribution is -0.122. The molecule has 2 aliphatic rings. The van der Waals surface area contributed by atoms with Crippen LogP contribution >= 0.6 is 0 Å². The van der Waals surface area contributed by atoms with Gasteiger partial charge in [0.05, 0.1) is 16.3 Å². The van der Waals surface area contributed by atoms with E-state index in [2.05, 4.69) is 5.32 Å². The third-order valence-electron chi connectivity index (χ3n) is 6.87. The van der Waals surface area contributed by atoms with E-state index >= 15 is 0 Å². The van der Waals surface area contributed by atoms with E-state index in [1.54, 1.807) is 32.0 Å². The number of carbonyl (C=O) groups is 2. The highest BCUT2D eigenvalue weighted by Gasteiger charge is 2.42. The first-order valence-corrected chi connectivity index (χ1v) is 13.2. The Morgan fingerprint density at radius 3 is 2.56 bits per heavy atom. The standard InChI is InChI=1S/C25H32N4O4S/c1-5-27(6-2)34(32,33)19-12-13-21-23(15-19)29(25(31)22-11-8-14-28(21)22)16-24(30)26-20-10-7-9-17(3)18(20)4/h7,9-10,12-13,15,22H,5-6,8,11,14,16H2,1-4H3,(H,26,30). The molecule has 0 aromatic heterocycles. The maximum atomic E-state index is 13.4. The molecule has 1 atom stereocenters. The number of fused-ring (bicyclic) bond motifs is 3. The third-order valence-corrected chi connectivity index (χ3v) is 8.92. The monoisotopic (exact) mass is 484 g/mol. The molecule has 0 spiro atoms. The van der Waals surface area contributed by atoms with E-state index in [0.717, 1.165) is 29.8 Å². The van der Waals surface area contributed by atoms with Crippen molar-refractivity contribution < 1.29 is 18.0 Å². The topological polar surface area (TPSA) is 90.0 Å². The molecule has 0 saturated carbocycles. The van der Waals surface area contributed by atoms with Crippen molar-refractivity contribution in [1.29, 1.82) is 0 Å². The van der Waals surface area contributed by atoms with Gasteiger partial charge in [-0.05, 0) is 62.1 Å². The average Bonchev–Trinajstić information content (AvgIpc) is 3.30. The number of hydrogen-bond acceptors (Lipinski definition) is 5. The molecule has 1 unspecified atom stereocenters. The molecule has 2 amide bonds. The van der Waals surface area contributed by atoms with Crippen LogP contribution in [-0.2, 0) is 19.6 Å². The maximum absolute atomic E-state index is 13.4. The fourth-order valence-electron chi connectivity index (χ4n) is 4.83. The molecule has 2 aliphatic heterocycles. The van der Waals surface area contributed by atoms with Gasteiger partial charge in [-0.2, -0.15) is 4.31 Å². The summed E-state index contributed by atoms with van der Waals surface area (Å²) in [6.07, 6.45) is 1.59. The zero-order valence-electron chi connectivity index (χ0n) is 20.2. The van der Waals surface area contributed by atoms with Crippen LogP contribution in [0.1, 0.15) is 37.8 Å². The van der Waals surface area contributed by atoms with Crippen LogP contribution in [0.5, 0.6) is 0 Å². The van der Waals surface area contributed by atoms with Crippen LogP contribution in [0.15, 0.2) is 41.3 Å². The van der Waals surface area contributed by atoms with Gasteiger partial charge >= 0.3 is 0 Å². The Kier molecular flexibility index (Phi) is 6.69. The van der Waals surface area contributed by atoms with Gasteiger partial charge in [0.25, 0.3) is 0 Å². The second-order valence-electron chi connectivity index (χ2n) is 8.81. The predicted octanol–water partition coefficient (Wildman–Crippen LogP) is 3.29. The number of anilines is 3. The Labute approximate surface area is 201 Å². The van der Waals surface area contributed by atoms with Crippen LogP contribution in [0.3, 0.4) is 0 Å². The van der Waals surface area contributed by atoms with E-state index in [1.807, 2.05) is 36.9 Å². The van der Waals surface area contributed by atoms with Crippen LogP contribution in [0, 0.1) is 13.8 Å². The summed E-state index contributed by atoms with van der Waals surface area (Å²) in [5, 5.41) is 2.92. The molecule has 0 aliphatic carbocycles. The summed E-state index contributed by atoms with van der Waals surface area (Å²) in [6.45, 7) is 8.75. The van der Waals surface area contributed by atoms with Crippen LogP contribution < -0.4 is 15.1 Å². The van der Waals surface area contributed by atoms with Crippen LogP contribution in [0.2, 0.25) is 0 Å². The minimum Gasteiger partial charge on any atom is -0.358 e. The molecular formula is C25H32N4O4S. The lowest BCUT2D eigenvalue weighted by Crippen LogP contribution is -2.52. The van der Waals surface area contributed by atoms with Crippen molar-refractivity contribution in [3.63, 3.8) is 0 Å². The number of hydrogen-bond donors (Lipinski definition) is 1. The Bertz CT molecular complexity index is 1220. The number of benzene rings is 2. The third kappa shape index (κ3) is 4.18. The normalized spacial score (nSPS) is 17.7. The predicted molar refractivity (Wildman–Crippen MR) is 134 cm³/mol. The molecular weight excluding hydrogens is 452 g/mol. The fraction of sp³-hybridized carbons (Fsp3) is 0.440. The second-order valence-corrected chi connectivity index (χ2v) is 10.7. The Hall–Kier alpha value is -2.91. The first-order chi connectivity index (χ1) is 16.2. The van der Waals surface area contributed by atoms with Crippen LogP contribution in [0.25, 0.3) is 0 Å². The highest BCUT2D eigenvalue weighted by atomic mass is 32.2. The van der Waals surface area contributed by atoms with E-state index < -0.39 is 10.0 Å². The smallest absolute Gasteiger partial charge is 0.250 e. The first-order valence-electron chi connectivity index (χ1n) is 11.8. The van der Waals surface area contributed by atoms with Gasteiger partial charge in [0.2, 0.25) is 21.8 Å². The van der Waals surface area contributed by atoms with Crippen molar-refractivity contribution in [3.8, 4) is 0 Å². The average molecular weight is 485 g/mol. The number of nitrogens with zero attached hydrogens (tertiary/aromatic N) is 3.